The fourth-order valence-electron chi connectivity index (χ4n) is 3.35. The third-order valence-electron chi connectivity index (χ3n) is 4.89. The minimum Gasteiger partial charge on any atom is -0.336 e. The number of likely N-dealkylation sites (N-methyl/N-ethyl adjacent to an activating group) is 1. The van der Waals surface area contributed by atoms with Crippen LogP contribution in [0.1, 0.15) is 22.6 Å². The van der Waals surface area contributed by atoms with Gasteiger partial charge in [0.25, 0.3) is 5.91 Å². The van der Waals surface area contributed by atoms with Crippen LogP contribution in [0.2, 0.25) is 0 Å². The highest BCUT2D eigenvalue weighted by atomic mass is 35.5. The number of nitrogens with one attached hydrogen (secondary N) is 1. The normalized spacial score (nSPS) is 15.9. The van der Waals surface area contributed by atoms with Crippen molar-refractivity contribution >= 4 is 41.5 Å². The summed E-state index contributed by atoms with van der Waals surface area (Å²) in [5, 5.41) is 13.8. The molecule has 0 radical (unpaired) electrons. The molecular weight excluding hydrogens is 387 g/mol. The molecule has 1 N–H and O–H groups in total. The van der Waals surface area contributed by atoms with E-state index in [9.17, 15) is 4.79 Å². The standard InChI is InChI=1S/C18H20N6O.2ClH/c1-12-17(18(25)23(2)14-6-8-20-11-14)21-22-24(12)16-5-3-4-13-10-19-9-7-15(13)16;;/h3-5,7,9-10,14,20H,6,8,11H2,1-2H3;2*1H. The van der Waals surface area contributed by atoms with Gasteiger partial charge in [0.2, 0.25) is 0 Å². The first-order chi connectivity index (χ1) is 12.2. The second kappa shape index (κ2) is 8.65. The van der Waals surface area contributed by atoms with E-state index in [2.05, 4.69) is 20.6 Å². The number of rotatable bonds is 3. The minimum absolute atomic E-state index is 0. The number of benzene rings is 1. The van der Waals surface area contributed by atoms with Crippen molar-refractivity contribution in [2.75, 3.05) is 20.1 Å². The molecule has 1 amide bonds. The first kappa shape index (κ1) is 21.1. The van der Waals surface area contributed by atoms with E-state index in [1.165, 1.54) is 0 Å². The van der Waals surface area contributed by atoms with E-state index in [-0.39, 0.29) is 36.8 Å². The molecule has 0 bridgehead atoms. The summed E-state index contributed by atoms with van der Waals surface area (Å²) < 4.78 is 1.73. The van der Waals surface area contributed by atoms with Crippen LogP contribution >= 0.6 is 24.8 Å². The highest BCUT2D eigenvalue weighted by Crippen LogP contribution is 2.23. The van der Waals surface area contributed by atoms with Crippen molar-refractivity contribution in [3.8, 4) is 5.69 Å². The Morgan fingerprint density at radius 3 is 2.85 bits per heavy atom. The largest absolute Gasteiger partial charge is 0.336 e. The molecule has 1 aliphatic heterocycles. The van der Waals surface area contributed by atoms with E-state index in [0.717, 1.165) is 41.7 Å². The SMILES string of the molecule is Cc1c(C(=O)N(C)C2CCNC2)nnn1-c1cccc2cnccc12.Cl.Cl. The van der Waals surface area contributed by atoms with Crippen LogP contribution in [0.3, 0.4) is 0 Å². The van der Waals surface area contributed by atoms with Crippen molar-refractivity contribution in [1.29, 1.82) is 0 Å². The van der Waals surface area contributed by atoms with Crippen LogP contribution in [-0.4, -0.2) is 57.0 Å². The first-order valence-electron chi connectivity index (χ1n) is 8.40. The second-order valence-corrected chi connectivity index (χ2v) is 6.37. The molecule has 2 aromatic heterocycles. The third kappa shape index (κ3) is 3.76. The van der Waals surface area contributed by atoms with Crippen molar-refractivity contribution < 1.29 is 4.79 Å². The van der Waals surface area contributed by atoms with Crippen molar-refractivity contribution in [3.63, 3.8) is 0 Å². The average molecular weight is 409 g/mol. The van der Waals surface area contributed by atoms with Crippen LogP contribution in [0.15, 0.2) is 36.7 Å². The summed E-state index contributed by atoms with van der Waals surface area (Å²) in [7, 11) is 1.84. The molecule has 1 aliphatic rings. The lowest BCUT2D eigenvalue weighted by molar-refractivity contribution is 0.0737. The van der Waals surface area contributed by atoms with E-state index >= 15 is 0 Å². The van der Waals surface area contributed by atoms with Gasteiger partial charge in [-0.25, -0.2) is 4.68 Å². The van der Waals surface area contributed by atoms with E-state index in [0.29, 0.717) is 5.69 Å². The van der Waals surface area contributed by atoms with Gasteiger partial charge in [0.1, 0.15) is 0 Å². The Morgan fingerprint density at radius 1 is 1.30 bits per heavy atom. The Kier molecular flexibility index (Phi) is 6.75. The zero-order chi connectivity index (χ0) is 17.4. The summed E-state index contributed by atoms with van der Waals surface area (Å²) in [6.07, 6.45) is 4.54. The van der Waals surface area contributed by atoms with Gasteiger partial charge >= 0.3 is 0 Å². The van der Waals surface area contributed by atoms with Gasteiger partial charge in [-0.15, -0.1) is 29.9 Å². The Bertz CT molecular complexity index is 933. The monoisotopic (exact) mass is 408 g/mol. The summed E-state index contributed by atoms with van der Waals surface area (Å²) in [6.45, 7) is 3.65. The van der Waals surface area contributed by atoms with Gasteiger partial charge in [-0.3, -0.25) is 9.78 Å². The van der Waals surface area contributed by atoms with E-state index in [1.807, 2.05) is 44.4 Å². The summed E-state index contributed by atoms with van der Waals surface area (Å²) >= 11 is 0. The lowest BCUT2D eigenvalue weighted by Crippen LogP contribution is -2.38. The zero-order valence-electron chi connectivity index (χ0n) is 15.1. The number of aromatic nitrogens is 4. The van der Waals surface area contributed by atoms with E-state index < -0.39 is 0 Å². The third-order valence-corrected chi connectivity index (χ3v) is 4.89. The minimum atomic E-state index is -0.0839. The molecule has 4 rings (SSSR count). The molecule has 144 valence electrons. The molecular formula is C18H22Cl2N6O. The number of pyridine rings is 1. The van der Waals surface area contributed by atoms with Crippen molar-refractivity contribution in [2.24, 2.45) is 0 Å². The molecule has 7 nitrogen and oxygen atoms in total. The van der Waals surface area contributed by atoms with Gasteiger partial charge in [-0.2, -0.15) is 0 Å². The molecule has 0 saturated carbocycles. The second-order valence-electron chi connectivity index (χ2n) is 6.37. The highest BCUT2D eigenvalue weighted by molar-refractivity contribution is 5.94. The fourth-order valence-corrected chi connectivity index (χ4v) is 3.35. The van der Waals surface area contributed by atoms with Crippen LogP contribution < -0.4 is 5.32 Å². The lowest BCUT2D eigenvalue weighted by atomic mass is 10.1. The molecule has 1 atom stereocenters. The molecule has 1 unspecified atom stereocenters. The summed E-state index contributed by atoms with van der Waals surface area (Å²) in [6, 6.07) is 8.09. The number of amides is 1. The van der Waals surface area contributed by atoms with Gasteiger partial charge in [0.15, 0.2) is 5.69 Å². The molecule has 0 aliphatic carbocycles. The number of hydrogen-bond acceptors (Lipinski definition) is 5. The lowest BCUT2D eigenvalue weighted by Gasteiger charge is -2.22. The number of hydrogen-bond donors (Lipinski definition) is 1. The number of fused-ring (bicyclic) bond motifs is 1. The molecule has 0 spiro atoms. The maximum absolute atomic E-state index is 12.8. The Hall–Kier alpha value is -2.22. The quantitative estimate of drug-likeness (QED) is 0.719. The summed E-state index contributed by atoms with van der Waals surface area (Å²) in [4.78, 5) is 18.8. The van der Waals surface area contributed by atoms with Crippen LogP contribution in [0.25, 0.3) is 16.5 Å². The van der Waals surface area contributed by atoms with Crippen LogP contribution in [0.5, 0.6) is 0 Å². The van der Waals surface area contributed by atoms with Crippen molar-refractivity contribution in [1.82, 2.24) is 30.2 Å². The van der Waals surface area contributed by atoms with Crippen LogP contribution in [0.4, 0.5) is 0 Å². The number of carbonyl (C=O) groups is 1. The Morgan fingerprint density at radius 2 is 2.11 bits per heavy atom. The summed E-state index contributed by atoms with van der Waals surface area (Å²) in [5.74, 6) is -0.0839. The maximum Gasteiger partial charge on any atom is 0.276 e. The molecule has 3 aromatic rings. The van der Waals surface area contributed by atoms with Crippen molar-refractivity contribution in [2.45, 2.75) is 19.4 Å². The fraction of sp³-hybridized carbons (Fsp3) is 0.333. The molecule has 3 heterocycles. The van der Waals surface area contributed by atoms with Gasteiger partial charge in [0.05, 0.1) is 11.4 Å². The predicted molar refractivity (Wildman–Crippen MR) is 109 cm³/mol. The highest BCUT2D eigenvalue weighted by Gasteiger charge is 2.27. The van der Waals surface area contributed by atoms with E-state index in [4.69, 9.17) is 0 Å². The van der Waals surface area contributed by atoms with Crippen molar-refractivity contribution in [3.05, 3.63) is 48.0 Å². The van der Waals surface area contributed by atoms with Gasteiger partial charge in [-0.1, -0.05) is 17.3 Å². The van der Waals surface area contributed by atoms with Gasteiger partial charge in [0, 0.05) is 42.8 Å². The van der Waals surface area contributed by atoms with Gasteiger partial charge < -0.3 is 10.2 Å². The Balaban J connectivity index is 0.00000131. The summed E-state index contributed by atoms with van der Waals surface area (Å²) in [5.41, 5.74) is 2.04. The Labute approximate surface area is 170 Å². The smallest absolute Gasteiger partial charge is 0.276 e. The molecule has 1 fully saturated rings. The molecule has 1 aromatic carbocycles. The average Bonchev–Trinajstić information content (AvgIpc) is 3.30. The maximum atomic E-state index is 12.8. The molecule has 1 saturated heterocycles. The van der Waals surface area contributed by atoms with Gasteiger partial charge in [-0.05, 0) is 32.0 Å². The number of nitrogens with zero attached hydrogens (tertiary/aromatic N) is 5. The molecule has 9 heteroatoms. The predicted octanol–water partition coefficient (Wildman–Crippen LogP) is 2.40. The topological polar surface area (TPSA) is 75.9 Å². The number of carbonyl (C=O) groups excluding carboxylic acids is 1. The zero-order valence-corrected chi connectivity index (χ0v) is 16.8. The molecule has 27 heavy (non-hydrogen) atoms. The van der Waals surface area contributed by atoms with Crippen LogP contribution in [0, 0.1) is 6.92 Å². The number of halogens is 2. The van der Waals surface area contributed by atoms with Crippen LogP contribution in [-0.2, 0) is 0 Å². The first-order valence-corrected chi connectivity index (χ1v) is 8.40. The van der Waals surface area contributed by atoms with E-state index in [1.54, 1.807) is 15.8 Å².